The molecular formula is C8H9BrN4O2. The molecule has 80 valence electrons. The average Bonchev–Trinajstić information content (AvgIpc) is 2.45. The number of nitrogens with zero attached hydrogens (tertiary/aromatic N) is 3. The molecule has 0 spiro atoms. The van der Waals surface area contributed by atoms with Crippen molar-refractivity contribution < 1.29 is 9.90 Å². The van der Waals surface area contributed by atoms with Crippen LogP contribution in [0, 0.1) is 6.92 Å². The van der Waals surface area contributed by atoms with Gasteiger partial charge in [-0.05, 0) is 22.9 Å². The van der Waals surface area contributed by atoms with Gasteiger partial charge < -0.3 is 10.8 Å². The second-order valence-corrected chi connectivity index (χ2v) is 3.34. The molecule has 6 nitrogen and oxygen atoms in total. The van der Waals surface area contributed by atoms with E-state index in [1.54, 1.807) is 6.20 Å². The van der Waals surface area contributed by atoms with Crippen LogP contribution >= 0.6 is 15.9 Å². The summed E-state index contributed by atoms with van der Waals surface area (Å²) in [5, 5.41) is 6.89. The highest BCUT2D eigenvalue weighted by Gasteiger charge is 2.07. The maximum Gasteiger partial charge on any atom is 0.290 e. The Morgan fingerprint density at radius 2 is 2.27 bits per heavy atom. The fourth-order valence-corrected chi connectivity index (χ4v) is 1.81. The van der Waals surface area contributed by atoms with Crippen LogP contribution in [0.2, 0.25) is 0 Å². The molecule has 3 N–H and O–H groups in total. The first-order valence-corrected chi connectivity index (χ1v) is 4.73. The van der Waals surface area contributed by atoms with Crippen LogP contribution in [0.3, 0.4) is 0 Å². The number of aryl methyl sites for hydroxylation is 1. The number of nitrogen functional groups attached to an aromatic ring is 1. The number of halogens is 1. The van der Waals surface area contributed by atoms with Gasteiger partial charge in [0.15, 0.2) is 5.82 Å². The van der Waals surface area contributed by atoms with E-state index in [9.17, 15) is 0 Å². The topological polar surface area (TPSA) is 93.5 Å². The second kappa shape index (κ2) is 4.74. The molecule has 0 aliphatic rings. The van der Waals surface area contributed by atoms with Crippen molar-refractivity contribution in [1.29, 1.82) is 0 Å². The zero-order valence-corrected chi connectivity index (χ0v) is 9.47. The molecule has 0 aromatic carbocycles. The second-order valence-electron chi connectivity index (χ2n) is 2.59. The molecule has 0 fully saturated rings. The van der Waals surface area contributed by atoms with Crippen molar-refractivity contribution >= 4 is 33.7 Å². The quantitative estimate of drug-likeness (QED) is 0.700. The summed E-state index contributed by atoms with van der Waals surface area (Å²) in [5.74, 6) is 1.39. The van der Waals surface area contributed by atoms with E-state index < -0.39 is 0 Å². The number of rotatable bonds is 0. The molecule has 0 atom stereocenters. The zero-order chi connectivity index (χ0) is 11.4. The summed E-state index contributed by atoms with van der Waals surface area (Å²) in [6.45, 7) is 1.66. The molecule has 0 saturated heterocycles. The normalized spacial score (nSPS) is 9.47. The van der Waals surface area contributed by atoms with Crippen LogP contribution in [0.25, 0.3) is 5.52 Å². The largest absolute Gasteiger partial charge is 0.483 e. The number of hydrogen-bond acceptors (Lipinski definition) is 4. The Balaban J connectivity index is 0.000000337. The Morgan fingerprint density at radius 3 is 2.80 bits per heavy atom. The molecular weight excluding hydrogens is 264 g/mol. The van der Waals surface area contributed by atoms with E-state index >= 15 is 0 Å². The molecule has 0 unspecified atom stereocenters. The van der Waals surface area contributed by atoms with E-state index in [2.05, 4.69) is 25.9 Å². The van der Waals surface area contributed by atoms with Crippen LogP contribution < -0.4 is 5.73 Å². The highest BCUT2D eigenvalue weighted by Crippen LogP contribution is 2.21. The van der Waals surface area contributed by atoms with Gasteiger partial charge in [-0.25, -0.2) is 9.97 Å². The minimum atomic E-state index is -0.250. The van der Waals surface area contributed by atoms with Crippen molar-refractivity contribution in [1.82, 2.24) is 14.4 Å². The Bertz CT molecular complexity index is 483. The predicted octanol–water partition coefficient (Wildman–Crippen LogP) is 1.08. The summed E-state index contributed by atoms with van der Waals surface area (Å²) >= 11 is 3.32. The molecule has 2 aromatic rings. The monoisotopic (exact) mass is 272 g/mol. The van der Waals surface area contributed by atoms with Gasteiger partial charge in [-0.1, -0.05) is 0 Å². The highest BCUT2D eigenvalue weighted by molar-refractivity contribution is 9.10. The van der Waals surface area contributed by atoms with Crippen molar-refractivity contribution in [2.75, 3.05) is 5.73 Å². The lowest BCUT2D eigenvalue weighted by Gasteiger charge is -1.97. The van der Waals surface area contributed by atoms with Crippen LogP contribution in [0.4, 0.5) is 5.82 Å². The lowest BCUT2D eigenvalue weighted by molar-refractivity contribution is -0.122. The van der Waals surface area contributed by atoms with Crippen molar-refractivity contribution in [3.8, 4) is 0 Å². The van der Waals surface area contributed by atoms with Gasteiger partial charge in [-0.3, -0.25) is 9.20 Å². The number of fused-ring (bicyclic) bond motifs is 1. The average molecular weight is 273 g/mol. The standard InChI is InChI=1S/C7H7BrN4.CH2O2/c1-4-11-6(8)5-7(9)10-2-3-12(4)5;2-1-3/h2-3H,1H3,(H2,9,10);1H,(H,2,3). The smallest absolute Gasteiger partial charge is 0.290 e. The van der Waals surface area contributed by atoms with E-state index in [-0.39, 0.29) is 6.47 Å². The van der Waals surface area contributed by atoms with Crippen molar-refractivity contribution in [3.05, 3.63) is 22.8 Å². The summed E-state index contributed by atoms with van der Waals surface area (Å²) in [4.78, 5) is 16.5. The van der Waals surface area contributed by atoms with Gasteiger partial charge in [0.05, 0.1) is 0 Å². The van der Waals surface area contributed by atoms with E-state index in [4.69, 9.17) is 15.6 Å². The molecule has 0 aliphatic heterocycles. The van der Waals surface area contributed by atoms with Crippen LogP contribution in [0.15, 0.2) is 17.0 Å². The first-order valence-electron chi connectivity index (χ1n) is 3.94. The zero-order valence-electron chi connectivity index (χ0n) is 7.88. The van der Waals surface area contributed by atoms with Crippen molar-refractivity contribution in [2.45, 2.75) is 6.92 Å². The fraction of sp³-hybridized carbons (Fsp3) is 0.125. The van der Waals surface area contributed by atoms with E-state index in [1.807, 2.05) is 17.5 Å². The summed E-state index contributed by atoms with van der Waals surface area (Å²) in [7, 11) is 0. The van der Waals surface area contributed by atoms with E-state index in [0.717, 1.165) is 15.9 Å². The number of hydrogen-bond donors (Lipinski definition) is 2. The third-order valence-corrected chi connectivity index (χ3v) is 2.27. The molecule has 2 heterocycles. The number of imidazole rings is 1. The molecule has 2 aromatic heterocycles. The van der Waals surface area contributed by atoms with Gasteiger partial charge >= 0.3 is 0 Å². The predicted molar refractivity (Wildman–Crippen MR) is 58.5 cm³/mol. The molecule has 0 aliphatic carbocycles. The van der Waals surface area contributed by atoms with Crippen LogP contribution in [-0.2, 0) is 4.79 Å². The van der Waals surface area contributed by atoms with Gasteiger partial charge in [0, 0.05) is 12.4 Å². The summed E-state index contributed by atoms with van der Waals surface area (Å²) < 4.78 is 2.64. The number of nitrogens with two attached hydrogens (primary N) is 1. The highest BCUT2D eigenvalue weighted by atomic mass is 79.9. The van der Waals surface area contributed by atoms with Gasteiger partial charge in [-0.2, -0.15) is 0 Å². The van der Waals surface area contributed by atoms with Gasteiger partial charge in [-0.15, -0.1) is 0 Å². The molecule has 15 heavy (non-hydrogen) atoms. The third kappa shape index (κ3) is 2.24. The minimum Gasteiger partial charge on any atom is -0.483 e. The van der Waals surface area contributed by atoms with Gasteiger partial charge in [0.1, 0.15) is 15.9 Å². The molecule has 0 saturated carbocycles. The maximum absolute atomic E-state index is 8.36. The fourth-order valence-electron chi connectivity index (χ4n) is 1.16. The Labute approximate surface area is 93.9 Å². The lowest BCUT2D eigenvalue weighted by Crippen LogP contribution is -1.95. The van der Waals surface area contributed by atoms with E-state index in [1.165, 1.54) is 0 Å². The number of aromatic nitrogens is 3. The SMILES string of the molecule is Cc1nc(Br)c2c(N)nccn12.O=CO. The molecule has 0 bridgehead atoms. The first kappa shape index (κ1) is 11.4. The Hall–Kier alpha value is -1.63. The number of carboxylic acid groups (broad SMARTS) is 1. The first-order chi connectivity index (χ1) is 7.11. The third-order valence-electron chi connectivity index (χ3n) is 1.72. The Morgan fingerprint density at radius 1 is 1.67 bits per heavy atom. The van der Waals surface area contributed by atoms with Crippen molar-refractivity contribution in [3.63, 3.8) is 0 Å². The van der Waals surface area contributed by atoms with Crippen molar-refractivity contribution in [2.24, 2.45) is 0 Å². The maximum atomic E-state index is 8.36. The van der Waals surface area contributed by atoms with Gasteiger partial charge in [0.25, 0.3) is 6.47 Å². The molecule has 0 amide bonds. The number of carbonyl (C=O) groups is 1. The molecule has 2 rings (SSSR count). The summed E-state index contributed by atoms with van der Waals surface area (Å²) in [6.07, 6.45) is 3.49. The van der Waals surface area contributed by atoms with Crippen LogP contribution in [0.1, 0.15) is 5.82 Å². The van der Waals surface area contributed by atoms with Crippen LogP contribution in [-0.4, -0.2) is 25.9 Å². The van der Waals surface area contributed by atoms with Crippen LogP contribution in [0.5, 0.6) is 0 Å². The lowest BCUT2D eigenvalue weighted by atomic mass is 10.5. The molecule has 7 heteroatoms. The van der Waals surface area contributed by atoms with Gasteiger partial charge in [0.2, 0.25) is 0 Å². The van der Waals surface area contributed by atoms with E-state index in [0.29, 0.717) is 5.82 Å². The summed E-state index contributed by atoms with van der Waals surface area (Å²) in [6, 6.07) is 0. The minimum absolute atomic E-state index is 0.250. The summed E-state index contributed by atoms with van der Waals surface area (Å²) in [5.41, 5.74) is 6.50. The Kier molecular flexibility index (Phi) is 3.62. The molecule has 0 radical (unpaired) electrons. The number of anilines is 1.